The number of allylic oxidation sites excluding steroid dienone is 1. The molecule has 0 unspecified atom stereocenters. The molecular formula is C18H23NO3. The molecule has 0 radical (unpaired) electrons. The number of phenolic OH excluding ortho intramolecular Hbond substituents is 1. The number of benzene rings is 1. The van der Waals surface area contributed by atoms with Crippen LogP contribution in [0.25, 0.3) is 0 Å². The van der Waals surface area contributed by atoms with Crippen molar-refractivity contribution in [2.24, 2.45) is 5.92 Å². The van der Waals surface area contributed by atoms with Crippen molar-refractivity contribution < 1.29 is 14.6 Å². The molecule has 2 N–H and O–H groups in total. The molecular weight excluding hydrogens is 278 g/mol. The van der Waals surface area contributed by atoms with Crippen LogP contribution in [0, 0.1) is 5.92 Å². The highest BCUT2D eigenvalue weighted by Crippen LogP contribution is 2.54. The standard InChI is InChI=1S/C18H23NO3/c1-4-18-10-12(20)6-7-13(18)14(19-2)9-11-5-8-15(22-3)17(21)16(11)18/h5-8,13-14,19,21H,4,9-10H2,1-3H3/t13-,14+,18-/m0/s1. The van der Waals surface area contributed by atoms with Gasteiger partial charge in [-0.25, -0.2) is 0 Å². The largest absolute Gasteiger partial charge is 0.504 e. The monoisotopic (exact) mass is 301 g/mol. The molecule has 0 spiro atoms. The fraction of sp³-hybridized carbons (Fsp3) is 0.500. The van der Waals surface area contributed by atoms with Crippen LogP contribution in [0.2, 0.25) is 0 Å². The first-order valence-electron chi connectivity index (χ1n) is 7.85. The third-order valence-electron chi connectivity index (χ3n) is 5.44. The van der Waals surface area contributed by atoms with Crippen LogP contribution in [0.3, 0.4) is 0 Å². The molecule has 0 saturated heterocycles. The maximum absolute atomic E-state index is 12.1. The van der Waals surface area contributed by atoms with E-state index >= 15 is 0 Å². The molecule has 0 saturated carbocycles. The molecule has 0 aromatic heterocycles. The van der Waals surface area contributed by atoms with Crippen molar-refractivity contribution in [3.8, 4) is 11.5 Å². The first kappa shape index (κ1) is 15.1. The van der Waals surface area contributed by atoms with Gasteiger partial charge in [0.05, 0.1) is 7.11 Å². The summed E-state index contributed by atoms with van der Waals surface area (Å²) >= 11 is 0. The van der Waals surface area contributed by atoms with Crippen LogP contribution in [0.4, 0.5) is 0 Å². The molecule has 0 fully saturated rings. The molecule has 0 amide bonds. The second-order valence-electron chi connectivity index (χ2n) is 6.29. The van der Waals surface area contributed by atoms with Gasteiger partial charge in [-0.05, 0) is 37.6 Å². The molecule has 2 aliphatic carbocycles. The Hall–Kier alpha value is -1.81. The van der Waals surface area contributed by atoms with E-state index in [2.05, 4.69) is 12.2 Å². The summed E-state index contributed by atoms with van der Waals surface area (Å²) in [6, 6.07) is 4.10. The average Bonchev–Trinajstić information content (AvgIpc) is 2.53. The lowest BCUT2D eigenvalue weighted by Gasteiger charge is -2.49. The van der Waals surface area contributed by atoms with E-state index in [0.29, 0.717) is 12.2 Å². The lowest BCUT2D eigenvalue weighted by atomic mass is 9.56. The van der Waals surface area contributed by atoms with Gasteiger partial charge in [0.15, 0.2) is 17.3 Å². The number of carbonyl (C=O) groups is 1. The number of likely N-dealkylation sites (N-methyl/N-ethyl adjacent to an activating group) is 1. The van der Waals surface area contributed by atoms with Crippen molar-refractivity contribution in [3.63, 3.8) is 0 Å². The lowest BCUT2D eigenvalue weighted by Crippen LogP contribution is -2.53. The van der Waals surface area contributed by atoms with E-state index in [4.69, 9.17) is 4.74 Å². The topological polar surface area (TPSA) is 58.6 Å². The summed E-state index contributed by atoms with van der Waals surface area (Å²) in [5, 5.41) is 14.1. The van der Waals surface area contributed by atoms with Gasteiger partial charge in [0, 0.05) is 29.4 Å². The van der Waals surface area contributed by atoms with Crippen LogP contribution in [-0.2, 0) is 16.6 Å². The van der Waals surface area contributed by atoms with Crippen molar-refractivity contribution in [1.82, 2.24) is 5.32 Å². The predicted molar refractivity (Wildman–Crippen MR) is 85.4 cm³/mol. The first-order chi connectivity index (χ1) is 10.6. The second kappa shape index (κ2) is 5.43. The fourth-order valence-corrected chi connectivity index (χ4v) is 4.34. The molecule has 4 nitrogen and oxygen atoms in total. The van der Waals surface area contributed by atoms with Crippen molar-refractivity contribution in [2.45, 2.75) is 37.6 Å². The van der Waals surface area contributed by atoms with Crippen molar-refractivity contribution in [2.75, 3.05) is 14.2 Å². The highest BCUT2D eigenvalue weighted by atomic mass is 16.5. The summed E-state index contributed by atoms with van der Waals surface area (Å²) in [6.07, 6.45) is 5.81. The van der Waals surface area contributed by atoms with Crippen molar-refractivity contribution in [1.29, 1.82) is 0 Å². The molecule has 0 aliphatic heterocycles. The van der Waals surface area contributed by atoms with Crippen LogP contribution >= 0.6 is 0 Å². The Kier molecular flexibility index (Phi) is 3.73. The first-order valence-corrected chi connectivity index (χ1v) is 7.85. The molecule has 2 aliphatic rings. The van der Waals surface area contributed by atoms with E-state index in [0.717, 1.165) is 24.0 Å². The molecule has 3 atom stereocenters. The van der Waals surface area contributed by atoms with E-state index in [1.54, 1.807) is 13.2 Å². The van der Waals surface area contributed by atoms with Gasteiger partial charge >= 0.3 is 0 Å². The van der Waals surface area contributed by atoms with Crippen LogP contribution in [-0.4, -0.2) is 31.1 Å². The quantitative estimate of drug-likeness (QED) is 0.899. The van der Waals surface area contributed by atoms with E-state index < -0.39 is 0 Å². The Morgan fingerprint density at radius 2 is 2.23 bits per heavy atom. The molecule has 3 rings (SSSR count). The summed E-state index contributed by atoms with van der Waals surface area (Å²) in [7, 11) is 3.52. The summed E-state index contributed by atoms with van der Waals surface area (Å²) in [6.45, 7) is 2.10. The van der Waals surface area contributed by atoms with E-state index in [1.165, 1.54) is 0 Å². The van der Waals surface area contributed by atoms with Crippen LogP contribution < -0.4 is 10.1 Å². The van der Waals surface area contributed by atoms with Gasteiger partial charge in [-0.1, -0.05) is 19.1 Å². The lowest BCUT2D eigenvalue weighted by molar-refractivity contribution is -0.117. The minimum atomic E-state index is -0.355. The molecule has 0 heterocycles. The Labute approximate surface area is 131 Å². The number of ether oxygens (including phenoxy) is 1. The van der Waals surface area contributed by atoms with E-state index in [1.807, 2.05) is 25.3 Å². The molecule has 4 heteroatoms. The van der Waals surface area contributed by atoms with Gasteiger partial charge in [0.1, 0.15) is 0 Å². The second-order valence-corrected chi connectivity index (χ2v) is 6.29. The predicted octanol–water partition coefficient (Wildman–Crippen LogP) is 2.34. The van der Waals surface area contributed by atoms with Gasteiger partial charge in [-0.3, -0.25) is 4.79 Å². The van der Waals surface area contributed by atoms with Crippen LogP contribution in [0.5, 0.6) is 11.5 Å². The normalized spacial score (nSPS) is 29.9. The highest BCUT2D eigenvalue weighted by Gasteiger charge is 2.50. The van der Waals surface area contributed by atoms with Crippen molar-refractivity contribution >= 4 is 5.78 Å². The molecule has 1 aromatic rings. The smallest absolute Gasteiger partial charge is 0.161 e. The molecule has 1 aromatic carbocycles. The summed E-state index contributed by atoms with van der Waals surface area (Å²) in [5.74, 6) is 1.01. The summed E-state index contributed by atoms with van der Waals surface area (Å²) in [5.41, 5.74) is 1.66. The van der Waals surface area contributed by atoms with Crippen LogP contribution in [0.1, 0.15) is 30.9 Å². The minimum absolute atomic E-state index is 0.128. The number of carbonyl (C=O) groups excluding carboxylic acids is 1. The van der Waals surface area contributed by atoms with E-state index in [9.17, 15) is 9.90 Å². The third-order valence-corrected chi connectivity index (χ3v) is 5.44. The third kappa shape index (κ3) is 1.97. The van der Waals surface area contributed by atoms with Crippen molar-refractivity contribution in [3.05, 3.63) is 35.4 Å². The number of nitrogens with one attached hydrogen (secondary N) is 1. The van der Waals surface area contributed by atoms with Gasteiger partial charge in [-0.2, -0.15) is 0 Å². The number of fused-ring (bicyclic) bond motifs is 3. The summed E-state index contributed by atoms with van der Waals surface area (Å²) in [4.78, 5) is 12.1. The van der Waals surface area contributed by atoms with Gasteiger partial charge in [0.25, 0.3) is 0 Å². The number of phenols is 1. The molecule has 22 heavy (non-hydrogen) atoms. The highest BCUT2D eigenvalue weighted by molar-refractivity contribution is 5.92. The molecule has 118 valence electrons. The van der Waals surface area contributed by atoms with E-state index in [-0.39, 0.29) is 28.9 Å². The molecule has 0 bridgehead atoms. The number of rotatable bonds is 3. The van der Waals surface area contributed by atoms with Crippen LogP contribution in [0.15, 0.2) is 24.3 Å². The zero-order chi connectivity index (χ0) is 15.9. The van der Waals surface area contributed by atoms with Gasteiger partial charge in [0.2, 0.25) is 0 Å². The Morgan fingerprint density at radius 3 is 2.86 bits per heavy atom. The minimum Gasteiger partial charge on any atom is -0.504 e. The number of aromatic hydroxyl groups is 1. The Balaban J connectivity index is 2.27. The zero-order valence-corrected chi connectivity index (χ0v) is 13.3. The number of hydrogen-bond donors (Lipinski definition) is 2. The SMILES string of the molecule is CC[C@]12CC(=O)C=C[C@H]1[C@H](NC)Cc1ccc(OC)c(O)c12. The zero-order valence-electron chi connectivity index (χ0n) is 13.3. The van der Waals surface area contributed by atoms with Gasteiger partial charge in [-0.15, -0.1) is 0 Å². The fourth-order valence-electron chi connectivity index (χ4n) is 4.34. The average molecular weight is 301 g/mol. The maximum atomic E-state index is 12.1. The number of ketones is 1. The van der Waals surface area contributed by atoms with Gasteiger partial charge < -0.3 is 15.2 Å². The number of methoxy groups -OCH3 is 1. The Morgan fingerprint density at radius 1 is 1.45 bits per heavy atom. The number of hydrogen-bond acceptors (Lipinski definition) is 4. The summed E-state index contributed by atoms with van der Waals surface area (Å²) < 4.78 is 5.29. The maximum Gasteiger partial charge on any atom is 0.161 e. The Bertz CT molecular complexity index is 637.